The number of hydrogen-bond donors (Lipinski definition) is 0. The van der Waals surface area contributed by atoms with Gasteiger partial charge in [-0.2, -0.15) is 0 Å². The van der Waals surface area contributed by atoms with Gasteiger partial charge in [0, 0.05) is 6.21 Å². The second-order valence-corrected chi connectivity index (χ2v) is 6.83. The average molecular weight is 398 g/mol. The maximum atomic E-state index is 13.0. The molecule has 0 aliphatic heterocycles. The fourth-order valence-electron chi connectivity index (χ4n) is 2.71. The van der Waals surface area contributed by atoms with E-state index in [0.717, 1.165) is 22.4 Å². The lowest BCUT2D eigenvalue weighted by Crippen LogP contribution is -1.99. The van der Waals surface area contributed by atoms with Crippen LogP contribution in [-0.4, -0.2) is 13.3 Å². The maximum absolute atomic E-state index is 13.0. The number of aliphatic imine (C=N–C) groups is 1. The molecule has 0 N–H and O–H groups in total. The van der Waals surface area contributed by atoms with E-state index in [-0.39, 0.29) is 12.4 Å². The van der Waals surface area contributed by atoms with Crippen LogP contribution >= 0.6 is 11.6 Å². The Morgan fingerprint density at radius 2 is 1.82 bits per heavy atom. The number of hydrogen-bond acceptors (Lipinski definition) is 3. The van der Waals surface area contributed by atoms with Crippen LogP contribution < -0.4 is 9.47 Å². The fraction of sp³-hybridized carbons (Fsp3) is 0.174. The Labute approximate surface area is 169 Å². The van der Waals surface area contributed by atoms with Crippen molar-refractivity contribution in [2.24, 2.45) is 4.99 Å². The van der Waals surface area contributed by atoms with E-state index in [1.807, 2.05) is 25.1 Å². The normalized spacial score (nSPS) is 11.0. The zero-order valence-corrected chi connectivity index (χ0v) is 16.8. The molecule has 0 bridgehead atoms. The largest absolute Gasteiger partial charge is 0.493 e. The van der Waals surface area contributed by atoms with E-state index in [4.69, 9.17) is 21.1 Å². The number of benzene rings is 3. The molecule has 0 aromatic heterocycles. The Morgan fingerprint density at radius 3 is 2.54 bits per heavy atom. The van der Waals surface area contributed by atoms with Crippen LogP contribution in [0.4, 0.5) is 10.1 Å². The molecule has 3 nitrogen and oxygen atoms in total. The smallest absolute Gasteiger partial charge is 0.180 e. The summed E-state index contributed by atoms with van der Waals surface area (Å²) in [5.41, 5.74) is 4.87. The highest BCUT2D eigenvalue weighted by Crippen LogP contribution is 2.36. The Balaban J connectivity index is 1.81. The Hall–Kier alpha value is -2.85. The number of methoxy groups -OCH3 is 1. The molecule has 0 aliphatic rings. The Bertz CT molecular complexity index is 1000. The molecule has 0 amide bonds. The molecule has 0 aliphatic carbocycles. The first-order valence-corrected chi connectivity index (χ1v) is 9.21. The van der Waals surface area contributed by atoms with Gasteiger partial charge in [0.15, 0.2) is 11.5 Å². The molecule has 28 heavy (non-hydrogen) atoms. The van der Waals surface area contributed by atoms with E-state index < -0.39 is 0 Å². The summed E-state index contributed by atoms with van der Waals surface area (Å²) in [6.45, 7) is 4.36. The maximum Gasteiger partial charge on any atom is 0.180 e. The van der Waals surface area contributed by atoms with Crippen molar-refractivity contribution >= 4 is 23.5 Å². The van der Waals surface area contributed by atoms with Crippen LogP contribution in [0.2, 0.25) is 5.02 Å². The summed E-state index contributed by atoms with van der Waals surface area (Å²) in [6.07, 6.45) is 1.75. The van der Waals surface area contributed by atoms with E-state index in [1.165, 1.54) is 17.7 Å². The number of aryl methyl sites for hydroxylation is 1. The van der Waals surface area contributed by atoms with E-state index in [0.29, 0.717) is 16.5 Å². The standard InChI is InChI=1S/C23H21ClFNO2/c1-15-5-4-6-21(16(15)2)26-13-18-11-20(24)23(22(12-18)27-3)28-14-17-7-9-19(25)10-8-17/h4-13H,14H2,1-3H3. The molecule has 0 atom stereocenters. The summed E-state index contributed by atoms with van der Waals surface area (Å²) >= 11 is 6.42. The molecule has 5 heteroatoms. The molecule has 3 aromatic rings. The minimum Gasteiger partial charge on any atom is -0.493 e. The van der Waals surface area contributed by atoms with Crippen LogP contribution in [0.25, 0.3) is 0 Å². The summed E-state index contributed by atoms with van der Waals surface area (Å²) in [5.74, 6) is 0.668. The molecule has 144 valence electrons. The third kappa shape index (κ3) is 4.70. The molecule has 3 aromatic carbocycles. The zero-order chi connectivity index (χ0) is 20.1. The van der Waals surface area contributed by atoms with Crippen molar-refractivity contribution in [3.63, 3.8) is 0 Å². The number of halogens is 2. The topological polar surface area (TPSA) is 30.8 Å². The van der Waals surface area contributed by atoms with Gasteiger partial charge in [-0.15, -0.1) is 0 Å². The first-order chi connectivity index (χ1) is 13.5. The van der Waals surface area contributed by atoms with E-state index >= 15 is 0 Å². The number of ether oxygens (including phenoxy) is 2. The summed E-state index contributed by atoms with van der Waals surface area (Å²) in [7, 11) is 1.56. The van der Waals surface area contributed by atoms with Crippen molar-refractivity contribution in [3.05, 3.63) is 87.7 Å². The molecule has 0 fully saturated rings. The highest BCUT2D eigenvalue weighted by atomic mass is 35.5. The van der Waals surface area contributed by atoms with Crippen molar-refractivity contribution in [1.29, 1.82) is 0 Å². The van der Waals surface area contributed by atoms with Crippen molar-refractivity contribution in [3.8, 4) is 11.5 Å². The monoisotopic (exact) mass is 397 g/mol. The van der Waals surface area contributed by atoms with Gasteiger partial charge in [-0.05, 0) is 66.4 Å². The first kappa shape index (κ1) is 19.9. The summed E-state index contributed by atoms with van der Waals surface area (Å²) in [4.78, 5) is 4.57. The van der Waals surface area contributed by atoms with Crippen molar-refractivity contribution in [2.75, 3.05) is 7.11 Å². The zero-order valence-electron chi connectivity index (χ0n) is 16.0. The minimum absolute atomic E-state index is 0.256. The van der Waals surface area contributed by atoms with Gasteiger partial charge in [0.2, 0.25) is 0 Å². The molecule has 0 saturated carbocycles. The van der Waals surface area contributed by atoms with E-state index in [9.17, 15) is 4.39 Å². The van der Waals surface area contributed by atoms with Gasteiger partial charge < -0.3 is 9.47 Å². The average Bonchev–Trinajstić information content (AvgIpc) is 2.69. The summed E-state index contributed by atoms with van der Waals surface area (Å²) in [6, 6.07) is 15.7. The molecule has 0 spiro atoms. The molecule has 0 saturated heterocycles. The molecule has 0 heterocycles. The highest BCUT2D eigenvalue weighted by molar-refractivity contribution is 6.32. The lowest BCUT2D eigenvalue weighted by Gasteiger charge is -2.13. The van der Waals surface area contributed by atoms with Crippen LogP contribution in [0.1, 0.15) is 22.3 Å². The van der Waals surface area contributed by atoms with Gasteiger partial charge >= 0.3 is 0 Å². The lowest BCUT2D eigenvalue weighted by atomic mass is 10.1. The van der Waals surface area contributed by atoms with Gasteiger partial charge in [0.25, 0.3) is 0 Å². The van der Waals surface area contributed by atoms with Gasteiger partial charge in [0.05, 0.1) is 17.8 Å². The predicted octanol–water partition coefficient (Wildman–Crippen LogP) is 6.43. The summed E-state index contributed by atoms with van der Waals surface area (Å²) in [5, 5.41) is 0.420. The van der Waals surface area contributed by atoms with Crippen LogP contribution in [0, 0.1) is 19.7 Å². The van der Waals surface area contributed by atoms with Crippen molar-refractivity contribution in [1.82, 2.24) is 0 Å². The molecular weight excluding hydrogens is 377 g/mol. The highest BCUT2D eigenvalue weighted by Gasteiger charge is 2.12. The quantitative estimate of drug-likeness (QED) is 0.448. The van der Waals surface area contributed by atoms with Crippen molar-refractivity contribution < 1.29 is 13.9 Å². The lowest BCUT2D eigenvalue weighted by molar-refractivity contribution is 0.284. The van der Waals surface area contributed by atoms with Gasteiger partial charge in [0.1, 0.15) is 12.4 Å². The minimum atomic E-state index is -0.285. The van der Waals surface area contributed by atoms with E-state index in [2.05, 4.69) is 18.0 Å². The van der Waals surface area contributed by atoms with Crippen LogP contribution in [0.15, 0.2) is 59.6 Å². The molecular formula is C23H21ClFNO2. The first-order valence-electron chi connectivity index (χ1n) is 8.83. The van der Waals surface area contributed by atoms with Crippen LogP contribution in [-0.2, 0) is 6.61 Å². The molecule has 0 radical (unpaired) electrons. The van der Waals surface area contributed by atoms with E-state index in [1.54, 1.807) is 31.5 Å². The second kappa shape index (κ2) is 8.89. The second-order valence-electron chi connectivity index (χ2n) is 6.43. The predicted molar refractivity (Wildman–Crippen MR) is 112 cm³/mol. The van der Waals surface area contributed by atoms with Crippen molar-refractivity contribution in [2.45, 2.75) is 20.5 Å². The Kier molecular flexibility index (Phi) is 6.32. The molecule has 3 rings (SSSR count). The van der Waals surface area contributed by atoms with Gasteiger partial charge in [-0.3, -0.25) is 4.99 Å². The SMILES string of the molecule is COc1cc(C=Nc2cccc(C)c2C)cc(Cl)c1OCc1ccc(F)cc1. The summed E-state index contributed by atoms with van der Waals surface area (Å²) < 4.78 is 24.3. The number of nitrogens with zero attached hydrogens (tertiary/aromatic N) is 1. The fourth-order valence-corrected chi connectivity index (χ4v) is 2.98. The Morgan fingerprint density at radius 1 is 1.07 bits per heavy atom. The third-order valence-electron chi connectivity index (χ3n) is 4.48. The van der Waals surface area contributed by atoms with Gasteiger partial charge in [-0.1, -0.05) is 35.9 Å². The molecule has 0 unspecified atom stereocenters. The van der Waals surface area contributed by atoms with Crippen LogP contribution in [0.5, 0.6) is 11.5 Å². The van der Waals surface area contributed by atoms with Crippen LogP contribution in [0.3, 0.4) is 0 Å². The van der Waals surface area contributed by atoms with Gasteiger partial charge in [-0.25, -0.2) is 4.39 Å². The number of rotatable bonds is 6. The third-order valence-corrected chi connectivity index (χ3v) is 4.76.